The van der Waals surface area contributed by atoms with E-state index in [4.69, 9.17) is 34.8 Å². The number of benzene rings is 3. The normalized spacial score (nSPS) is 11.7. The van der Waals surface area contributed by atoms with E-state index in [-0.39, 0.29) is 24.1 Å². The third-order valence-electron chi connectivity index (χ3n) is 5.56. The molecule has 0 aliphatic rings. The molecule has 3 aromatic carbocycles. The fraction of sp³-hybridized carbons (Fsp3) is 0.286. The van der Waals surface area contributed by atoms with Gasteiger partial charge in [-0.15, -0.1) is 11.8 Å². The molecule has 0 radical (unpaired) electrons. The number of rotatable bonds is 12. The molecule has 0 fully saturated rings. The standard InChI is InChI=1S/C28H29Cl3N2O2S/c1-2-14-32-28(35)26(16-20-6-4-3-5-7-20)33(17-22-10-13-24(30)25(31)15-22)27(34)19-36-18-21-8-11-23(29)12-9-21/h3-13,15,26H,2,14,16-19H2,1H3,(H,32,35). The van der Waals surface area contributed by atoms with Crippen molar-refractivity contribution in [2.75, 3.05) is 12.3 Å². The van der Waals surface area contributed by atoms with Crippen LogP contribution in [0.3, 0.4) is 0 Å². The summed E-state index contributed by atoms with van der Waals surface area (Å²) in [5, 5.41) is 4.51. The number of hydrogen-bond donors (Lipinski definition) is 1. The van der Waals surface area contributed by atoms with Crippen LogP contribution >= 0.6 is 46.6 Å². The van der Waals surface area contributed by atoms with E-state index in [2.05, 4.69) is 5.32 Å². The average Bonchev–Trinajstić information content (AvgIpc) is 2.88. The van der Waals surface area contributed by atoms with Gasteiger partial charge in [0.1, 0.15) is 6.04 Å². The highest BCUT2D eigenvalue weighted by molar-refractivity contribution is 7.99. The first-order chi connectivity index (χ1) is 17.4. The molecule has 0 aliphatic heterocycles. The van der Waals surface area contributed by atoms with Crippen LogP contribution in [0.2, 0.25) is 15.1 Å². The zero-order chi connectivity index (χ0) is 25.9. The first-order valence-corrected chi connectivity index (χ1v) is 14.0. The van der Waals surface area contributed by atoms with Crippen molar-refractivity contribution >= 4 is 58.4 Å². The molecule has 0 saturated carbocycles. The molecule has 1 atom stereocenters. The van der Waals surface area contributed by atoms with E-state index in [0.717, 1.165) is 23.1 Å². The monoisotopic (exact) mass is 562 g/mol. The molecule has 4 nitrogen and oxygen atoms in total. The molecule has 0 aromatic heterocycles. The number of halogens is 3. The van der Waals surface area contributed by atoms with E-state index in [1.54, 1.807) is 17.0 Å². The second kappa shape index (κ2) is 14.5. The van der Waals surface area contributed by atoms with Gasteiger partial charge in [0.2, 0.25) is 11.8 Å². The Morgan fingerprint density at radius 3 is 2.25 bits per heavy atom. The lowest BCUT2D eigenvalue weighted by molar-refractivity contribution is -0.139. The zero-order valence-corrected chi connectivity index (χ0v) is 23.1. The van der Waals surface area contributed by atoms with Gasteiger partial charge in [0.05, 0.1) is 15.8 Å². The summed E-state index contributed by atoms with van der Waals surface area (Å²) in [5.74, 6) is 0.606. The van der Waals surface area contributed by atoms with Crippen LogP contribution < -0.4 is 5.32 Å². The van der Waals surface area contributed by atoms with Crippen LogP contribution in [0.5, 0.6) is 0 Å². The molecule has 3 rings (SSSR count). The first kappa shape index (κ1) is 28.4. The molecular formula is C28H29Cl3N2O2S. The van der Waals surface area contributed by atoms with Gasteiger partial charge in [-0.2, -0.15) is 0 Å². The lowest BCUT2D eigenvalue weighted by atomic mass is 10.0. The summed E-state index contributed by atoms with van der Waals surface area (Å²) in [6.45, 7) is 2.79. The molecule has 8 heteroatoms. The first-order valence-electron chi connectivity index (χ1n) is 11.7. The van der Waals surface area contributed by atoms with Crippen molar-refractivity contribution in [2.24, 2.45) is 0 Å². The van der Waals surface area contributed by atoms with E-state index < -0.39 is 6.04 Å². The van der Waals surface area contributed by atoms with E-state index in [9.17, 15) is 9.59 Å². The minimum atomic E-state index is -0.669. The summed E-state index contributed by atoms with van der Waals surface area (Å²) in [4.78, 5) is 28.6. The maximum Gasteiger partial charge on any atom is 0.243 e. The highest BCUT2D eigenvalue weighted by Crippen LogP contribution is 2.25. The third kappa shape index (κ3) is 8.74. The molecule has 3 aromatic rings. The zero-order valence-electron chi connectivity index (χ0n) is 20.1. The van der Waals surface area contributed by atoms with E-state index in [1.807, 2.05) is 67.6 Å². The maximum absolute atomic E-state index is 13.6. The molecular weight excluding hydrogens is 535 g/mol. The van der Waals surface area contributed by atoms with E-state index in [0.29, 0.717) is 33.8 Å². The van der Waals surface area contributed by atoms with Crippen molar-refractivity contribution in [3.8, 4) is 0 Å². The van der Waals surface area contributed by atoms with Crippen molar-refractivity contribution in [3.63, 3.8) is 0 Å². The van der Waals surface area contributed by atoms with Crippen molar-refractivity contribution in [1.82, 2.24) is 10.2 Å². The van der Waals surface area contributed by atoms with Gasteiger partial charge in [0, 0.05) is 30.3 Å². The lowest BCUT2D eigenvalue weighted by Crippen LogP contribution is -2.51. The van der Waals surface area contributed by atoms with Crippen LogP contribution in [-0.4, -0.2) is 35.1 Å². The molecule has 0 heterocycles. The molecule has 0 bridgehead atoms. The Bertz CT molecular complexity index is 1140. The topological polar surface area (TPSA) is 49.4 Å². The smallest absolute Gasteiger partial charge is 0.243 e. The number of nitrogens with zero attached hydrogens (tertiary/aromatic N) is 1. The van der Waals surface area contributed by atoms with Gasteiger partial charge in [-0.1, -0.05) is 90.3 Å². The van der Waals surface area contributed by atoms with Gasteiger partial charge in [0.25, 0.3) is 0 Å². The second-order valence-electron chi connectivity index (χ2n) is 8.39. The molecule has 1 unspecified atom stereocenters. The SMILES string of the molecule is CCCNC(=O)C(Cc1ccccc1)N(Cc1ccc(Cl)c(Cl)c1)C(=O)CSCc1ccc(Cl)cc1. The second-order valence-corrected chi connectivity index (χ2v) is 10.6. The number of carbonyl (C=O) groups excluding carboxylic acids is 2. The van der Waals surface area contributed by atoms with Crippen molar-refractivity contribution in [2.45, 2.75) is 38.1 Å². The van der Waals surface area contributed by atoms with Crippen LogP contribution in [0.4, 0.5) is 0 Å². The van der Waals surface area contributed by atoms with Gasteiger partial charge in [-0.3, -0.25) is 9.59 Å². The number of nitrogens with one attached hydrogen (secondary N) is 1. The van der Waals surface area contributed by atoms with Crippen molar-refractivity contribution in [1.29, 1.82) is 0 Å². The quantitative estimate of drug-likeness (QED) is 0.257. The summed E-state index contributed by atoms with van der Waals surface area (Å²) < 4.78 is 0. The van der Waals surface area contributed by atoms with Gasteiger partial charge in [0.15, 0.2) is 0 Å². The highest BCUT2D eigenvalue weighted by atomic mass is 35.5. The minimum Gasteiger partial charge on any atom is -0.354 e. The summed E-state index contributed by atoms with van der Waals surface area (Å²) in [5.41, 5.74) is 2.87. The van der Waals surface area contributed by atoms with Crippen LogP contribution in [-0.2, 0) is 28.3 Å². The summed E-state index contributed by atoms with van der Waals surface area (Å²) in [7, 11) is 0. The van der Waals surface area contributed by atoms with Gasteiger partial charge in [-0.25, -0.2) is 0 Å². The molecule has 36 heavy (non-hydrogen) atoms. The van der Waals surface area contributed by atoms with Gasteiger partial charge >= 0.3 is 0 Å². The summed E-state index contributed by atoms with van der Waals surface area (Å²) in [6, 6.07) is 21.9. The average molecular weight is 564 g/mol. The Morgan fingerprint density at radius 2 is 1.58 bits per heavy atom. The third-order valence-corrected chi connectivity index (χ3v) is 7.54. The van der Waals surface area contributed by atoms with Crippen LogP contribution in [0, 0.1) is 0 Å². The highest BCUT2D eigenvalue weighted by Gasteiger charge is 2.30. The predicted octanol–water partition coefficient (Wildman–Crippen LogP) is 7.05. The van der Waals surface area contributed by atoms with Crippen LogP contribution in [0.1, 0.15) is 30.0 Å². The molecule has 0 spiro atoms. The summed E-state index contributed by atoms with van der Waals surface area (Å²) >= 11 is 19.8. The Labute approximate surface area is 232 Å². The molecule has 190 valence electrons. The minimum absolute atomic E-state index is 0.118. The number of amides is 2. The predicted molar refractivity (Wildman–Crippen MR) is 152 cm³/mol. The summed E-state index contributed by atoms with van der Waals surface area (Å²) in [6.07, 6.45) is 1.22. The molecule has 0 aliphatic carbocycles. The van der Waals surface area contributed by atoms with Crippen LogP contribution in [0.15, 0.2) is 72.8 Å². The van der Waals surface area contributed by atoms with E-state index >= 15 is 0 Å². The lowest BCUT2D eigenvalue weighted by Gasteiger charge is -2.31. The number of carbonyl (C=O) groups is 2. The Hall–Kier alpha value is -2.18. The Kier molecular flexibility index (Phi) is 11.5. The number of hydrogen-bond acceptors (Lipinski definition) is 3. The van der Waals surface area contributed by atoms with Crippen molar-refractivity contribution < 1.29 is 9.59 Å². The van der Waals surface area contributed by atoms with Gasteiger partial charge < -0.3 is 10.2 Å². The fourth-order valence-electron chi connectivity index (χ4n) is 3.67. The number of thioether (sulfide) groups is 1. The molecule has 1 N–H and O–H groups in total. The largest absolute Gasteiger partial charge is 0.354 e. The fourth-order valence-corrected chi connectivity index (χ4v) is 4.99. The van der Waals surface area contributed by atoms with Gasteiger partial charge in [-0.05, 0) is 47.4 Å². The molecule has 0 saturated heterocycles. The molecule has 2 amide bonds. The van der Waals surface area contributed by atoms with Crippen LogP contribution in [0.25, 0.3) is 0 Å². The Morgan fingerprint density at radius 1 is 0.889 bits per heavy atom. The maximum atomic E-state index is 13.6. The van der Waals surface area contributed by atoms with E-state index in [1.165, 1.54) is 11.8 Å². The van der Waals surface area contributed by atoms with Crippen molar-refractivity contribution in [3.05, 3.63) is 105 Å². The Balaban J connectivity index is 1.84.